The zero-order chi connectivity index (χ0) is 21.1. The predicted octanol–water partition coefficient (Wildman–Crippen LogP) is 2.67. The summed E-state index contributed by atoms with van der Waals surface area (Å²) < 4.78 is 28.4. The molecule has 9 heteroatoms. The quantitative estimate of drug-likeness (QED) is 0.531. The topological polar surface area (TPSA) is 102 Å². The van der Waals surface area contributed by atoms with Crippen LogP contribution in [0.1, 0.15) is 5.56 Å². The van der Waals surface area contributed by atoms with Gasteiger partial charge in [0.15, 0.2) is 17.2 Å². The molecule has 0 aliphatic heterocycles. The molecule has 0 saturated heterocycles. The number of halogens is 1. The maximum Gasteiger partial charge on any atom is 0.328 e. The lowest BCUT2D eigenvalue weighted by molar-refractivity contribution is 0.282. The number of pyridine rings is 1. The van der Waals surface area contributed by atoms with Crippen molar-refractivity contribution in [2.24, 2.45) is 0 Å². The first kappa shape index (κ1) is 19.0. The lowest BCUT2D eigenvalue weighted by Crippen LogP contribution is -2.30. The lowest BCUT2D eigenvalue weighted by Gasteiger charge is -2.14. The van der Waals surface area contributed by atoms with E-state index in [2.05, 4.69) is 11.1 Å². The minimum absolute atomic E-state index is 0.0413. The van der Waals surface area contributed by atoms with Gasteiger partial charge in [0.05, 0.1) is 17.6 Å². The van der Waals surface area contributed by atoms with E-state index in [9.17, 15) is 14.0 Å². The number of ether oxygens (including phenoxy) is 2. The Labute approximate surface area is 169 Å². The Balaban J connectivity index is 1.57. The molecule has 150 valence electrons. The minimum Gasteiger partial charge on any atom is -0.488 e. The number of nitrogens with one attached hydrogen (secondary N) is 1. The van der Waals surface area contributed by atoms with Gasteiger partial charge in [0.1, 0.15) is 18.5 Å². The van der Waals surface area contributed by atoms with Crippen LogP contribution in [0.5, 0.6) is 17.2 Å². The number of fused-ring (bicyclic) bond motifs is 1. The van der Waals surface area contributed by atoms with Crippen LogP contribution in [0.25, 0.3) is 5.52 Å². The van der Waals surface area contributed by atoms with Crippen molar-refractivity contribution >= 4 is 5.52 Å². The maximum atomic E-state index is 13.8. The van der Waals surface area contributed by atoms with E-state index in [0.29, 0.717) is 16.8 Å². The summed E-state index contributed by atoms with van der Waals surface area (Å²) in [6.45, 7) is 0.186. The summed E-state index contributed by atoms with van der Waals surface area (Å²) in [5, 5.41) is 9.11. The van der Waals surface area contributed by atoms with Crippen LogP contribution in [0.3, 0.4) is 0 Å². The molecular weight excluding hydrogens is 391 g/mol. The number of hydrogen-bond donors (Lipinski definition) is 1. The summed E-state index contributed by atoms with van der Waals surface area (Å²) in [6.07, 6.45) is 4.81. The monoisotopic (exact) mass is 406 g/mol. The normalized spacial score (nSPS) is 10.7. The molecule has 4 rings (SSSR count). The van der Waals surface area contributed by atoms with Gasteiger partial charge < -0.3 is 13.9 Å². The third-order valence-electron chi connectivity index (χ3n) is 4.34. The van der Waals surface area contributed by atoms with Crippen molar-refractivity contribution < 1.29 is 13.9 Å². The minimum atomic E-state index is -0.560. The van der Waals surface area contributed by atoms with Gasteiger partial charge in [0.25, 0.3) is 5.56 Å². The Hall–Kier alpha value is -4.32. The van der Waals surface area contributed by atoms with Gasteiger partial charge in [-0.05, 0) is 30.3 Å². The van der Waals surface area contributed by atoms with Crippen molar-refractivity contribution in [3.05, 3.63) is 93.3 Å². The molecule has 3 aromatic heterocycles. The number of hydrogen-bond acceptors (Lipinski definition) is 5. The first-order chi connectivity index (χ1) is 14.5. The number of aromatic amines is 1. The van der Waals surface area contributed by atoms with E-state index < -0.39 is 17.1 Å². The summed E-state index contributed by atoms with van der Waals surface area (Å²) in [4.78, 5) is 25.0. The van der Waals surface area contributed by atoms with E-state index in [-0.39, 0.29) is 24.7 Å². The molecule has 0 atom stereocenters. The molecule has 0 saturated carbocycles. The van der Waals surface area contributed by atoms with Crippen molar-refractivity contribution in [3.63, 3.8) is 0 Å². The second kappa shape index (κ2) is 7.97. The van der Waals surface area contributed by atoms with Gasteiger partial charge >= 0.3 is 5.69 Å². The molecule has 3 heterocycles. The Morgan fingerprint density at radius 3 is 2.73 bits per heavy atom. The zero-order valence-electron chi connectivity index (χ0n) is 15.5. The third-order valence-corrected chi connectivity index (χ3v) is 4.34. The van der Waals surface area contributed by atoms with E-state index in [1.807, 2.05) is 0 Å². The van der Waals surface area contributed by atoms with Gasteiger partial charge in [-0.25, -0.2) is 9.18 Å². The maximum absolute atomic E-state index is 13.8. The van der Waals surface area contributed by atoms with E-state index in [1.165, 1.54) is 35.0 Å². The number of nitrogens with zero attached hydrogens (tertiary/aromatic N) is 3. The summed E-state index contributed by atoms with van der Waals surface area (Å²) in [5.41, 5.74) is 0.101. The van der Waals surface area contributed by atoms with E-state index in [1.54, 1.807) is 35.0 Å². The van der Waals surface area contributed by atoms with Crippen LogP contribution < -0.4 is 20.7 Å². The average Bonchev–Trinajstić information content (AvgIpc) is 3.16. The standard InChI is InChI=1S/C21H15FN4O4/c22-15-3-4-18(30-17-2-1-6-26-13-14(12-23)10-16(17)26)19(11-15)29-9-8-25-7-5-20(27)24-21(25)28/h1-7,10-11,13H,8-9H2,(H,24,27,28). The number of nitriles is 1. The number of rotatable bonds is 6. The molecule has 0 aliphatic rings. The second-order valence-electron chi connectivity index (χ2n) is 6.35. The van der Waals surface area contributed by atoms with Crippen molar-refractivity contribution in [2.75, 3.05) is 6.61 Å². The van der Waals surface area contributed by atoms with E-state index in [4.69, 9.17) is 14.7 Å². The van der Waals surface area contributed by atoms with Crippen molar-refractivity contribution in [3.8, 4) is 23.3 Å². The Morgan fingerprint density at radius 1 is 1.07 bits per heavy atom. The summed E-state index contributed by atoms with van der Waals surface area (Å²) >= 11 is 0. The third kappa shape index (κ3) is 3.93. The Bertz CT molecular complexity index is 1380. The smallest absolute Gasteiger partial charge is 0.328 e. The highest BCUT2D eigenvalue weighted by atomic mass is 19.1. The number of aromatic nitrogens is 3. The molecular formula is C21H15FN4O4. The highest BCUT2D eigenvalue weighted by molar-refractivity contribution is 5.65. The molecule has 0 bridgehead atoms. The number of benzene rings is 1. The zero-order valence-corrected chi connectivity index (χ0v) is 15.5. The van der Waals surface area contributed by atoms with Crippen LogP contribution in [0.4, 0.5) is 4.39 Å². The molecule has 0 aliphatic carbocycles. The summed E-state index contributed by atoms with van der Waals surface area (Å²) in [7, 11) is 0. The van der Waals surface area contributed by atoms with Crippen LogP contribution in [0, 0.1) is 17.1 Å². The molecule has 8 nitrogen and oxygen atoms in total. The van der Waals surface area contributed by atoms with Crippen molar-refractivity contribution in [1.82, 2.24) is 14.0 Å². The molecule has 1 aromatic carbocycles. The molecule has 1 N–H and O–H groups in total. The molecule has 0 amide bonds. The fourth-order valence-electron chi connectivity index (χ4n) is 2.93. The van der Waals surface area contributed by atoms with E-state index >= 15 is 0 Å². The fourth-order valence-corrected chi connectivity index (χ4v) is 2.93. The molecule has 0 radical (unpaired) electrons. The molecule has 0 fully saturated rings. The second-order valence-corrected chi connectivity index (χ2v) is 6.35. The van der Waals surface area contributed by atoms with Gasteiger partial charge in [-0.1, -0.05) is 0 Å². The molecule has 0 unspecified atom stereocenters. The van der Waals surface area contributed by atoms with Crippen LogP contribution in [-0.4, -0.2) is 20.6 Å². The number of H-pyrrole nitrogens is 1. The van der Waals surface area contributed by atoms with Crippen LogP contribution >= 0.6 is 0 Å². The van der Waals surface area contributed by atoms with Crippen LogP contribution in [0.2, 0.25) is 0 Å². The van der Waals surface area contributed by atoms with Gasteiger partial charge in [0.2, 0.25) is 0 Å². The van der Waals surface area contributed by atoms with Crippen molar-refractivity contribution in [1.29, 1.82) is 5.26 Å². The molecule has 4 aromatic rings. The highest BCUT2D eigenvalue weighted by Crippen LogP contribution is 2.34. The SMILES string of the molecule is N#Cc1cc2c(Oc3ccc(F)cc3OCCn3ccc(=O)[nH]c3=O)cccn2c1. The lowest BCUT2D eigenvalue weighted by atomic mass is 10.3. The largest absolute Gasteiger partial charge is 0.488 e. The van der Waals surface area contributed by atoms with Gasteiger partial charge in [-0.2, -0.15) is 5.26 Å². The Kier molecular flexibility index (Phi) is 5.05. The van der Waals surface area contributed by atoms with Gasteiger partial charge in [-0.3, -0.25) is 14.3 Å². The van der Waals surface area contributed by atoms with Crippen LogP contribution in [-0.2, 0) is 6.54 Å². The summed E-state index contributed by atoms with van der Waals surface area (Å²) in [5.74, 6) is 0.387. The van der Waals surface area contributed by atoms with E-state index in [0.717, 1.165) is 0 Å². The average molecular weight is 406 g/mol. The molecule has 30 heavy (non-hydrogen) atoms. The Morgan fingerprint density at radius 2 is 1.93 bits per heavy atom. The van der Waals surface area contributed by atoms with Crippen molar-refractivity contribution in [2.45, 2.75) is 6.54 Å². The first-order valence-corrected chi connectivity index (χ1v) is 8.94. The predicted molar refractivity (Wildman–Crippen MR) is 105 cm³/mol. The first-order valence-electron chi connectivity index (χ1n) is 8.94. The molecule has 0 spiro atoms. The summed E-state index contributed by atoms with van der Waals surface area (Å²) in [6, 6.07) is 12.3. The van der Waals surface area contributed by atoms with Gasteiger partial charge in [0, 0.05) is 30.7 Å². The van der Waals surface area contributed by atoms with Crippen LogP contribution in [0.15, 0.2) is 70.6 Å². The van der Waals surface area contributed by atoms with Gasteiger partial charge in [-0.15, -0.1) is 0 Å². The highest BCUT2D eigenvalue weighted by Gasteiger charge is 2.12. The fraction of sp³-hybridized carbons (Fsp3) is 0.0952.